The standard InChI is InChI=1S/C24H25NO4S/c1-4-20-9-5-6-11-23(20)25(16-19-8-7-10-21(15-19)24(26)27)30(28,29)22-13-12-17(2)18(3)14-22/h5-15H,4,16H2,1-3H3,(H,26,27). The van der Waals surface area contributed by atoms with E-state index in [1.807, 2.05) is 39.0 Å². The molecule has 0 heterocycles. The number of carbonyl (C=O) groups is 1. The summed E-state index contributed by atoms with van der Waals surface area (Å²) in [5.74, 6) is -1.05. The lowest BCUT2D eigenvalue weighted by atomic mass is 10.1. The molecule has 0 aliphatic heterocycles. The zero-order valence-corrected chi connectivity index (χ0v) is 18.1. The van der Waals surface area contributed by atoms with Gasteiger partial charge in [-0.15, -0.1) is 0 Å². The first kappa shape index (κ1) is 21.6. The first-order valence-corrected chi connectivity index (χ1v) is 11.2. The third-order valence-corrected chi connectivity index (χ3v) is 6.96. The fourth-order valence-electron chi connectivity index (χ4n) is 3.32. The van der Waals surface area contributed by atoms with Gasteiger partial charge in [-0.3, -0.25) is 4.31 Å². The van der Waals surface area contributed by atoms with E-state index in [0.717, 1.165) is 16.7 Å². The van der Waals surface area contributed by atoms with Crippen LogP contribution in [0.3, 0.4) is 0 Å². The largest absolute Gasteiger partial charge is 0.478 e. The Balaban J connectivity index is 2.15. The number of hydrogen-bond donors (Lipinski definition) is 1. The average molecular weight is 424 g/mol. The van der Waals surface area contributed by atoms with Crippen LogP contribution in [0.1, 0.15) is 39.5 Å². The van der Waals surface area contributed by atoms with Gasteiger partial charge >= 0.3 is 5.97 Å². The molecule has 0 radical (unpaired) electrons. The smallest absolute Gasteiger partial charge is 0.335 e. The van der Waals surface area contributed by atoms with Crippen LogP contribution in [0.5, 0.6) is 0 Å². The van der Waals surface area contributed by atoms with Crippen LogP contribution < -0.4 is 4.31 Å². The van der Waals surface area contributed by atoms with E-state index in [-0.39, 0.29) is 17.0 Å². The molecule has 6 heteroatoms. The molecule has 0 unspecified atom stereocenters. The number of benzene rings is 3. The van der Waals surface area contributed by atoms with Crippen molar-refractivity contribution >= 4 is 21.7 Å². The third kappa shape index (κ3) is 4.39. The Morgan fingerprint density at radius 3 is 2.33 bits per heavy atom. The SMILES string of the molecule is CCc1ccccc1N(Cc1cccc(C(=O)O)c1)S(=O)(=O)c1ccc(C)c(C)c1. The second-order valence-corrected chi connectivity index (χ2v) is 9.11. The van der Waals surface area contributed by atoms with Gasteiger partial charge in [-0.05, 0) is 72.9 Å². The fourth-order valence-corrected chi connectivity index (χ4v) is 4.90. The number of anilines is 1. The van der Waals surface area contributed by atoms with Gasteiger partial charge in [-0.2, -0.15) is 0 Å². The van der Waals surface area contributed by atoms with E-state index in [2.05, 4.69) is 0 Å². The number of carboxylic acid groups (broad SMARTS) is 1. The summed E-state index contributed by atoms with van der Waals surface area (Å²) in [7, 11) is -3.87. The van der Waals surface area contributed by atoms with Gasteiger partial charge in [-0.1, -0.05) is 43.3 Å². The number of carboxylic acids is 1. The van der Waals surface area contributed by atoms with Gasteiger partial charge in [0, 0.05) is 0 Å². The molecule has 0 spiro atoms. The fraction of sp³-hybridized carbons (Fsp3) is 0.208. The highest BCUT2D eigenvalue weighted by molar-refractivity contribution is 7.92. The molecule has 0 saturated carbocycles. The van der Waals surface area contributed by atoms with Crippen molar-refractivity contribution in [2.24, 2.45) is 0 Å². The lowest BCUT2D eigenvalue weighted by Gasteiger charge is -2.27. The highest BCUT2D eigenvalue weighted by Crippen LogP contribution is 2.30. The van der Waals surface area contributed by atoms with Gasteiger partial charge in [0.05, 0.1) is 22.7 Å². The molecule has 3 aromatic rings. The van der Waals surface area contributed by atoms with Crippen LogP contribution >= 0.6 is 0 Å². The number of sulfonamides is 1. The Hall–Kier alpha value is -3.12. The van der Waals surface area contributed by atoms with Crippen molar-refractivity contribution in [3.05, 3.63) is 94.5 Å². The molecule has 0 saturated heterocycles. The predicted octanol–water partition coefficient (Wildman–Crippen LogP) is 4.96. The number of aromatic carboxylic acids is 1. The van der Waals surface area contributed by atoms with E-state index >= 15 is 0 Å². The van der Waals surface area contributed by atoms with E-state index < -0.39 is 16.0 Å². The summed E-state index contributed by atoms with van der Waals surface area (Å²) < 4.78 is 28.8. The topological polar surface area (TPSA) is 74.7 Å². The highest BCUT2D eigenvalue weighted by atomic mass is 32.2. The lowest BCUT2D eigenvalue weighted by molar-refractivity contribution is 0.0696. The molecule has 0 fully saturated rings. The van der Waals surface area contributed by atoms with Crippen LogP contribution in [-0.2, 0) is 23.0 Å². The van der Waals surface area contributed by atoms with Crippen LogP contribution in [0, 0.1) is 13.8 Å². The average Bonchev–Trinajstić information content (AvgIpc) is 2.74. The van der Waals surface area contributed by atoms with E-state index in [1.54, 1.807) is 36.4 Å². The Bertz CT molecular complexity index is 1190. The molecule has 0 aromatic heterocycles. The Labute approximate surface area is 177 Å². The Kier molecular flexibility index (Phi) is 6.27. The molecule has 30 heavy (non-hydrogen) atoms. The molecular weight excluding hydrogens is 398 g/mol. The van der Waals surface area contributed by atoms with Gasteiger partial charge in [0.25, 0.3) is 10.0 Å². The minimum Gasteiger partial charge on any atom is -0.478 e. The molecule has 5 nitrogen and oxygen atoms in total. The first-order chi connectivity index (χ1) is 14.2. The minimum atomic E-state index is -3.87. The van der Waals surface area contributed by atoms with Crippen LogP contribution in [0.25, 0.3) is 0 Å². The van der Waals surface area contributed by atoms with Crippen LogP contribution in [0.2, 0.25) is 0 Å². The molecule has 156 valence electrons. The molecule has 0 aliphatic carbocycles. The van der Waals surface area contributed by atoms with Gasteiger partial charge in [0.1, 0.15) is 0 Å². The zero-order valence-electron chi connectivity index (χ0n) is 17.3. The lowest BCUT2D eigenvalue weighted by Crippen LogP contribution is -2.31. The molecular formula is C24H25NO4S. The molecule has 1 N–H and O–H groups in total. The predicted molar refractivity (Wildman–Crippen MR) is 119 cm³/mol. The maximum absolute atomic E-state index is 13.7. The summed E-state index contributed by atoms with van der Waals surface area (Å²) in [6, 6.07) is 18.9. The second-order valence-electron chi connectivity index (χ2n) is 7.25. The molecule has 0 amide bonds. The molecule has 0 bridgehead atoms. The van der Waals surface area contributed by atoms with Crippen molar-refractivity contribution in [3.8, 4) is 0 Å². The van der Waals surface area contributed by atoms with Crippen molar-refractivity contribution in [1.82, 2.24) is 0 Å². The number of hydrogen-bond acceptors (Lipinski definition) is 3. The number of aryl methyl sites for hydroxylation is 3. The van der Waals surface area contributed by atoms with E-state index in [1.165, 1.54) is 16.4 Å². The molecule has 0 aliphatic rings. The Morgan fingerprint density at radius 1 is 0.933 bits per heavy atom. The normalized spacial score (nSPS) is 11.3. The summed E-state index contributed by atoms with van der Waals surface area (Å²) in [5, 5.41) is 9.31. The van der Waals surface area contributed by atoms with E-state index in [0.29, 0.717) is 17.7 Å². The molecule has 0 atom stereocenters. The van der Waals surface area contributed by atoms with Gasteiger partial charge in [-0.25, -0.2) is 13.2 Å². The summed E-state index contributed by atoms with van der Waals surface area (Å²) in [4.78, 5) is 11.6. The van der Waals surface area contributed by atoms with Crippen molar-refractivity contribution < 1.29 is 18.3 Å². The summed E-state index contributed by atoms with van der Waals surface area (Å²) in [6.07, 6.45) is 0.671. The van der Waals surface area contributed by atoms with Crippen LogP contribution in [0.4, 0.5) is 5.69 Å². The van der Waals surface area contributed by atoms with Crippen LogP contribution in [-0.4, -0.2) is 19.5 Å². The summed E-state index contributed by atoms with van der Waals surface area (Å²) in [6.45, 7) is 5.83. The molecule has 3 aromatic carbocycles. The van der Waals surface area contributed by atoms with Crippen LogP contribution in [0.15, 0.2) is 71.6 Å². The zero-order chi connectivity index (χ0) is 21.9. The van der Waals surface area contributed by atoms with Gasteiger partial charge in [0.15, 0.2) is 0 Å². The third-order valence-electron chi connectivity index (χ3n) is 5.21. The highest BCUT2D eigenvalue weighted by Gasteiger charge is 2.27. The molecule has 3 rings (SSSR count). The first-order valence-electron chi connectivity index (χ1n) is 9.74. The van der Waals surface area contributed by atoms with Crippen molar-refractivity contribution in [3.63, 3.8) is 0 Å². The maximum Gasteiger partial charge on any atom is 0.335 e. The number of nitrogens with zero attached hydrogens (tertiary/aromatic N) is 1. The Morgan fingerprint density at radius 2 is 1.67 bits per heavy atom. The number of rotatable bonds is 7. The summed E-state index contributed by atoms with van der Waals surface area (Å²) >= 11 is 0. The van der Waals surface area contributed by atoms with E-state index in [4.69, 9.17) is 0 Å². The van der Waals surface area contributed by atoms with Gasteiger partial charge < -0.3 is 5.11 Å². The minimum absolute atomic E-state index is 0.0351. The quantitative estimate of drug-likeness (QED) is 0.583. The van der Waals surface area contributed by atoms with Crippen molar-refractivity contribution in [1.29, 1.82) is 0 Å². The monoisotopic (exact) mass is 423 g/mol. The summed E-state index contributed by atoms with van der Waals surface area (Å²) in [5.41, 5.74) is 4.14. The van der Waals surface area contributed by atoms with Crippen molar-refractivity contribution in [2.75, 3.05) is 4.31 Å². The second kappa shape index (κ2) is 8.71. The number of para-hydroxylation sites is 1. The van der Waals surface area contributed by atoms with E-state index in [9.17, 15) is 18.3 Å². The van der Waals surface area contributed by atoms with Crippen molar-refractivity contribution in [2.45, 2.75) is 38.6 Å². The maximum atomic E-state index is 13.7. The van der Waals surface area contributed by atoms with Gasteiger partial charge in [0.2, 0.25) is 0 Å².